The molecule has 2 aliphatic rings. The minimum absolute atomic E-state index is 0.0230. The van der Waals surface area contributed by atoms with Crippen molar-refractivity contribution in [2.24, 2.45) is 16.7 Å². The predicted octanol–water partition coefficient (Wildman–Crippen LogP) is 7.84. The maximum Gasteiger partial charge on any atom is 0.460 e. The first kappa shape index (κ1) is 40.3. The summed E-state index contributed by atoms with van der Waals surface area (Å²) in [5.74, 6) is -17.8. The SMILES string of the molecule is CC1(C)C2CCC1(CS(=O)(=O)Oc1ccc(OS(=O)(=O)C(F)(F)C(F)(F)C(F)(F)C(F)(F)F)cc1)C(=O)C2.c1ccc([SH+]c2ccccc2)cc1. The van der Waals surface area contributed by atoms with Crippen LogP contribution in [0.3, 0.4) is 0 Å². The van der Waals surface area contributed by atoms with Crippen molar-refractivity contribution >= 4 is 37.8 Å². The number of hydrogen-bond acceptors (Lipinski definition) is 7. The number of halogens is 9. The van der Waals surface area contributed by atoms with E-state index in [9.17, 15) is 61.1 Å². The molecule has 0 radical (unpaired) electrons. The van der Waals surface area contributed by atoms with E-state index >= 15 is 0 Å². The number of alkyl halides is 9. The van der Waals surface area contributed by atoms with Gasteiger partial charge in [0.05, 0.1) is 11.2 Å². The smallest absolute Gasteiger partial charge is 0.382 e. The van der Waals surface area contributed by atoms with Gasteiger partial charge in [0.1, 0.15) is 17.3 Å². The van der Waals surface area contributed by atoms with Crippen LogP contribution in [0.25, 0.3) is 0 Å². The molecular formula is C32H30F9O7S3+. The van der Waals surface area contributed by atoms with Crippen LogP contribution in [0.15, 0.2) is 94.7 Å². The van der Waals surface area contributed by atoms with Crippen LogP contribution in [-0.4, -0.2) is 51.6 Å². The normalized spacial score (nSPS) is 20.8. The molecule has 51 heavy (non-hydrogen) atoms. The van der Waals surface area contributed by atoms with E-state index in [0.29, 0.717) is 37.1 Å². The highest BCUT2D eigenvalue weighted by molar-refractivity contribution is 7.88. The van der Waals surface area contributed by atoms with E-state index in [1.54, 1.807) is 13.8 Å². The van der Waals surface area contributed by atoms with Crippen molar-refractivity contribution in [3.05, 3.63) is 84.9 Å². The molecule has 0 amide bonds. The molecule has 280 valence electrons. The molecule has 2 unspecified atom stereocenters. The van der Waals surface area contributed by atoms with E-state index in [1.807, 2.05) is 12.1 Å². The molecule has 7 nitrogen and oxygen atoms in total. The Bertz CT molecular complexity index is 1880. The Morgan fingerprint density at radius 1 is 0.706 bits per heavy atom. The lowest BCUT2D eigenvalue weighted by molar-refractivity contribution is -0.382. The third-order valence-corrected chi connectivity index (χ3v) is 12.7. The molecule has 2 bridgehead atoms. The topological polar surface area (TPSA) is 104 Å². The fourth-order valence-electron chi connectivity index (χ4n) is 5.99. The lowest BCUT2D eigenvalue weighted by Gasteiger charge is -2.35. The molecule has 5 rings (SSSR count). The summed E-state index contributed by atoms with van der Waals surface area (Å²) in [7, 11) is -11.6. The van der Waals surface area contributed by atoms with Crippen LogP contribution in [0, 0.1) is 16.7 Å². The maximum absolute atomic E-state index is 13.8. The van der Waals surface area contributed by atoms with Crippen LogP contribution in [0.1, 0.15) is 33.1 Å². The summed E-state index contributed by atoms with van der Waals surface area (Å²) in [5.41, 5.74) is -1.87. The molecule has 2 saturated carbocycles. The van der Waals surface area contributed by atoms with Crippen molar-refractivity contribution in [3.8, 4) is 11.5 Å². The van der Waals surface area contributed by atoms with E-state index < -0.39 is 71.6 Å². The molecule has 0 N–H and O–H groups in total. The van der Waals surface area contributed by atoms with Gasteiger partial charge in [0.2, 0.25) is 0 Å². The van der Waals surface area contributed by atoms with Crippen molar-refractivity contribution in [3.63, 3.8) is 0 Å². The molecule has 0 aliphatic heterocycles. The minimum atomic E-state index is -7.47. The number of benzene rings is 3. The standard InChI is InChI=1S/C20H19F9O7S2.C12H10S/c1-15(2)11-7-8-16(15,14(30)9-11)10-37(31,32)35-12-3-5-13(6-4-12)36-38(33,34)20(28,29)18(23,24)17(21,22)19(25,26)27;1-3-7-11(8-4-1)13-12-9-5-2-6-10-12/h3-6,11H,7-10H2,1-2H3;1-10H/p+1. The van der Waals surface area contributed by atoms with Crippen molar-refractivity contribution in [1.82, 2.24) is 0 Å². The van der Waals surface area contributed by atoms with Crippen LogP contribution in [0.5, 0.6) is 11.5 Å². The largest absolute Gasteiger partial charge is 0.460 e. The fraction of sp³-hybridized carbons (Fsp3) is 0.406. The van der Waals surface area contributed by atoms with E-state index in [0.717, 1.165) is 0 Å². The van der Waals surface area contributed by atoms with Crippen molar-refractivity contribution in [2.75, 3.05) is 5.75 Å². The molecule has 3 aromatic carbocycles. The van der Waals surface area contributed by atoms with Gasteiger partial charge in [0.25, 0.3) is 0 Å². The average molecular weight is 794 g/mol. The first-order valence-corrected chi connectivity index (χ1v) is 18.7. The van der Waals surface area contributed by atoms with Gasteiger partial charge in [-0.2, -0.15) is 56.3 Å². The van der Waals surface area contributed by atoms with E-state index in [2.05, 4.69) is 52.7 Å². The number of fused-ring (bicyclic) bond motifs is 2. The zero-order valence-electron chi connectivity index (χ0n) is 26.5. The Balaban J connectivity index is 0.000000372. The molecule has 2 fully saturated rings. The zero-order chi connectivity index (χ0) is 38.3. The molecule has 0 saturated heterocycles. The molecule has 19 heteroatoms. The highest BCUT2D eigenvalue weighted by Gasteiger charge is 2.86. The summed E-state index contributed by atoms with van der Waals surface area (Å²) in [5, 5.41) is -7.06. The van der Waals surface area contributed by atoms with E-state index in [1.165, 1.54) is 21.6 Å². The van der Waals surface area contributed by atoms with Crippen LogP contribution in [0.4, 0.5) is 39.5 Å². The van der Waals surface area contributed by atoms with Gasteiger partial charge in [-0.1, -0.05) is 50.2 Å². The summed E-state index contributed by atoms with van der Waals surface area (Å²) in [6.07, 6.45) is -6.13. The number of ketones is 1. The summed E-state index contributed by atoms with van der Waals surface area (Å²) < 4.78 is 174. The van der Waals surface area contributed by atoms with Crippen molar-refractivity contribution in [2.45, 2.75) is 66.2 Å². The van der Waals surface area contributed by atoms with Crippen LogP contribution < -0.4 is 8.37 Å². The van der Waals surface area contributed by atoms with E-state index in [-0.39, 0.29) is 18.1 Å². The second kappa shape index (κ2) is 13.8. The van der Waals surface area contributed by atoms with Gasteiger partial charge in [-0.25, -0.2) is 0 Å². The first-order valence-electron chi connectivity index (χ1n) is 14.8. The Morgan fingerprint density at radius 2 is 1.16 bits per heavy atom. The molecule has 0 heterocycles. The van der Waals surface area contributed by atoms with Crippen LogP contribution in [0.2, 0.25) is 0 Å². The zero-order valence-corrected chi connectivity index (χ0v) is 29.0. The number of thiol groups is 1. The minimum Gasteiger partial charge on any atom is -0.382 e. The van der Waals surface area contributed by atoms with Crippen molar-refractivity contribution < 1.29 is 69.5 Å². The molecule has 2 aliphatic carbocycles. The predicted molar refractivity (Wildman–Crippen MR) is 168 cm³/mol. The lowest BCUT2D eigenvalue weighted by Crippen LogP contribution is -2.63. The summed E-state index contributed by atoms with van der Waals surface area (Å²) >= 11 is 1.28. The first-order chi connectivity index (χ1) is 23.3. The van der Waals surface area contributed by atoms with Gasteiger partial charge in [0, 0.05) is 18.2 Å². The maximum atomic E-state index is 13.8. The molecular weight excluding hydrogens is 764 g/mol. The second-order valence-corrected chi connectivity index (χ2v) is 16.8. The third-order valence-electron chi connectivity index (χ3n) is 9.02. The lowest BCUT2D eigenvalue weighted by atomic mass is 9.70. The second-order valence-electron chi connectivity index (χ2n) is 12.4. The van der Waals surface area contributed by atoms with Crippen LogP contribution in [-0.2, 0) is 36.8 Å². The molecule has 2 atom stereocenters. The Kier molecular flexibility index (Phi) is 10.9. The van der Waals surface area contributed by atoms with Crippen LogP contribution >= 0.6 is 0 Å². The Labute approximate surface area is 291 Å². The molecule has 0 spiro atoms. The van der Waals surface area contributed by atoms with E-state index in [4.69, 9.17) is 4.18 Å². The molecule has 3 aromatic rings. The quantitative estimate of drug-likeness (QED) is 0.0844. The fourth-order valence-corrected chi connectivity index (χ4v) is 9.58. The summed E-state index contributed by atoms with van der Waals surface area (Å²) in [4.78, 5) is 15.2. The highest BCUT2D eigenvalue weighted by Crippen LogP contribution is 2.64. The number of carbonyl (C=O) groups is 1. The summed E-state index contributed by atoms with van der Waals surface area (Å²) in [6.45, 7) is 3.50. The van der Waals surface area contributed by atoms with Gasteiger partial charge < -0.3 is 8.37 Å². The van der Waals surface area contributed by atoms with Gasteiger partial charge in [-0.3, -0.25) is 4.79 Å². The summed E-state index contributed by atoms with van der Waals surface area (Å²) in [6, 6.07) is 23.0. The highest BCUT2D eigenvalue weighted by atomic mass is 32.2. The number of hydrogen-bond donors (Lipinski definition) is 0. The van der Waals surface area contributed by atoms with Gasteiger partial charge in [0.15, 0.2) is 9.79 Å². The van der Waals surface area contributed by atoms with Crippen molar-refractivity contribution in [1.29, 1.82) is 0 Å². The Morgan fingerprint density at radius 3 is 1.55 bits per heavy atom. The number of carbonyl (C=O) groups excluding carboxylic acids is 1. The Hall–Kier alpha value is -3.45. The third kappa shape index (κ3) is 7.70. The number of rotatable bonds is 11. The monoisotopic (exact) mass is 793 g/mol. The van der Waals surface area contributed by atoms with Gasteiger partial charge in [-0.05, 0) is 72.7 Å². The van der Waals surface area contributed by atoms with Gasteiger partial charge >= 0.3 is 43.5 Å². The number of Topliss-reactive ketones (excluding diaryl/α,β-unsaturated/α-hetero) is 1. The molecule has 0 aromatic heterocycles. The van der Waals surface area contributed by atoms with Gasteiger partial charge in [-0.15, -0.1) is 0 Å². The average Bonchev–Trinajstić information content (AvgIpc) is 3.36.